The van der Waals surface area contributed by atoms with Crippen molar-refractivity contribution >= 4 is 46.6 Å². The van der Waals surface area contributed by atoms with Crippen molar-refractivity contribution in [3.05, 3.63) is 83.9 Å². The highest BCUT2D eigenvalue weighted by Gasteiger charge is 2.12. The first kappa shape index (κ1) is 24.0. The van der Waals surface area contributed by atoms with Gasteiger partial charge in [0.2, 0.25) is 17.8 Å². The molecule has 8 nitrogen and oxygen atoms in total. The largest absolute Gasteiger partial charge is 0.497 e. The number of para-hydroxylation sites is 2. The Hall–Kier alpha value is -4.11. The molecule has 0 aliphatic heterocycles. The molecule has 35 heavy (non-hydrogen) atoms. The van der Waals surface area contributed by atoms with E-state index in [4.69, 9.17) is 4.74 Å². The summed E-state index contributed by atoms with van der Waals surface area (Å²) in [6.07, 6.45) is 0. The summed E-state index contributed by atoms with van der Waals surface area (Å²) >= 11 is 1.23. The molecule has 3 aromatic carbocycles. The van der Waals surface area contributed by atoms with Gasteiger partial charge in [-0.15, -0.1) is 0 Å². The van der Waals surface area contributed by atoms with Gasteiger partial charge >= 0.3 is 0 Å². The number of hydrogen-bond acceptors (Lipinski definition) is 8. The number of aromatic nitrogens is 3. The van der Waals surface area contributed by atoms with Gasteiger partial charge in [-0.2, -0.15) is 15.0 Å². The van der Waals surface area contributed by atoms with Crippen molar-refractivity contribution in [3.8, 4) is 5.75 Å². The van der Waals surface area contributed by atoms with Gasteiger partial charge in [0, 0.05) is 17.1 Å². The van der Waals surface area contributed by atoms with Gasteiger partial charge in [0.25, 0.3) is 0 Å². The van der Waals surface area contributed by atoms with Crippen molar-refractivity contribution in [2.24, 2.45) is 0 Å². The molecule has 9 heteroatoms. The molecule has 0 saturated carbocycles. The first-order valence-electron chi connectivity index (χ1n) is 11.0. The number of benzene rings is 3. The summed E-state index contributed by atoms with van der Waals surface area (Å²) in [5.41, 5.74) is 4.61. The Morgan fingerprint density at radius 3 is 1.86 bits per heavy atom. The highest BCUT2D eigenvalue weighted by atomic mass is 32.2. The second kappa shape index (κ2) is 11.3. The summed E-state index contributed by atoms with van der Waals surface area (Å²) in [6, 6.07) is 22.9. The maximum Gasteiger partial charge on any atom is 0.234 e. The van der Waals surface area contributed by atoms with Crippen molar-refractivity contribution in [2.75, 3.05) is 28.8 Å². The maximum absolute atomic E-state index is 12.5. The molecule has 0 saturated heterocycles. The van der Waals surface area contributed by atoms with E-state index < -0.39 is 0 Å². The smallest absolute Gasteiger partial charge is 0.234 e. The predicted molar refractivity (Wildman–Crippen MR) is 141 cm³/mol. The third-order valence-electron chi connectivity index (χ3n) is 5.10. The predicted octanol–water partition coefficient (Wildman–Crippen LogP) is 5.72. The van der Waals surface area contributed by atoms with E-state index in [1.165, 1.54) is 11.8 Å². The lowest BCUT2D eigenvalue weighted by atomic mass is 10.2. The van der Waals surface area contributed by atoms with Crippen LogP contribution in [0.25, 0.3) is 0 Å². The number of carbonyl (C=O) groups excluding carboxylic acids is 1. The number of aryl methyl sites for hydroxylation is 2. The van der Waals surface area contributed by atoms with E-state index in [2.05, 4.69) is 30.9 Å². The SMILES string of the molecule is COc1ccc(NC(=O)CSc2nc(Nc3ccccc3C)nc(Nc3ccccc3C)n2)cc1. The molecule has 0 fully saturated rings. The van der Waals surface area contributed by atoms with E-state index in [-0.39, 0.29) is 11.7 Å². The third kappa shape index (κ3) is 6.70. The van der Waals surface area contributed by atoms with Crippen LogP contribution < -0.4 is 20.7 Å². The van der Waals surface area contributed by atoms with Crippen molar-refractivity contribution < 1.29 is 9.53 Å². The van der Waals surface area contributed by atoms with Gasteiger partial charge < -0.3 is 20.7 Å². The van der Waals surface area contributed by atoms with Crippen LogP contribution >= 0.6 is 11.8 Å². The molecule has 0 aliphatic carbocycles. The van der Waals surface area contributed by atoms with Crippen LogP contribution in [-0.4, -0.2) is 33.7 Å². The number of nitrogens with zero attached hydrogens (tertiary/aromatic N) is 3. The van der Waals surface area contributed by atoms with E-state index in [9.17, 15) is 4.79 Å². The van der Waals surface area contributed by atoms with Crippen LogP contribution in [0.2, 0.25) is 0 Å². The molecular formula is C26H26N6O2S. The van der Waals surface area contributed by atoms with Gasteiger partial charge in [-0.1, -0.05) is 48.2 Å². The zero-order valence-electron chi connectivity index (χ0n) is 19.7. The average Bonchev–Trinajstić information content (AvgIpc) is 2.86. The summed E-state index contributed by atoms with van der Waals surface area (Å²) < 4.78 is 5.15. The Morgan fingerprint density at radius 1 is 0.800 bits per heavy atom. The normalized spacial score (nSPS) is 10.5. The van der Waals surface area contributed by atoms with Gasteiger partial charge in [0.05, 0.1) is 12.9 Å². The van der Waals surface area contributed by atoms with Gasteiger partial charge in [0.15, 0.2) is 5.16 Å². The number of methoxy groups -OCH3 is 1. The van der Waals surface area contributed by atoms with Crippen LogP contribution in [0.3, 0.4) is 0 Å². The highest BCUT2D eigenvalue weighted by molar-refractivity contribution is 7.99. The molecule has 178 valence electrons. The number of rotatable bonds is 9. The minimum absolute atomic E-state index is 0.143. The molecule has 1 amide bonds. The van der Waals surface area contributed by atoms with Crippen LogP contribution in [0.1, 0.15) is 11.1 Å². The molecule has 3 N–H and O–H groups in total. The Balaban J connectivity index is 1.51. The standard InChI is InChI=1S/C26H26N6O2S/c1-17-8-4-6-10-21(17)28-24-30-25(29-22-11-7-5-9-18(22)2)32-26(31-24)35-16-23(33)27-19-12-14-20(34-3)15-13-19/h4-15H,16H2,1-3H3,(H,27,33)(H2,28,29,30,31,32). The zero-order chi connectivity index (χ0) is 24.6. The molecular weight excluding hydrogens is 460 g/mol. The van der Waals surface area contributed by atoms with Gasteiger partial charge in [0.1, 0.15) is 5.75 Å². The molecule has 1 heterocycles. The van der Waals surface area contributed by atoms with Crippen LogP contribution in [0.5, 0.6) is 5.75 Å². The molecule has 4 aromatic rings. The number of amides is 1. The summed E-state index contributed by atoms with van der Waals surface area (Å²) in [5, 5.41) is 9.82. The number of anilines is 5. The topological polar surface area (TPSA) is 101 Å². The fourth-order valence-corrected chi connectivity index (χ4v) is 3.84. The van der Waals surface area contributed by atoms with E-state index in [1.807, 2.05) is 62.4 Å². The monoisotopic (exact) mass is 486 g/mol. The van der Waals surface area contributed by atoms with Crippen molar-refractivity contribution in [3.63, 3.8) is 0 Å². The fraction of sp³-hybridized carbons (Fsp3) is 0.154. The van der Waals surface area contributed by atoms with Crippen molar-refractivity contribution in [1.29, 1.82) is 0 Å². The van der Waals surface area contributed by atoms with E-state index in [1.54, 1.807) is 31.4 Å². The number of carbonyl (C=O) groups is 1. The zero-order valence-corrected chi connectivity index (χ0v) is 20.5. The van der Waals surface area contributed by atoms with Gasteiger partial charge in [-0.3, -0.25) is 4.79 Å². The van der Waals surface area contributed by atoms with Gasteiger partial charge in [-0.25, -0.2) is 0 Å². The molecule has 4 rings (SSSR count). The number of nitrogens with one attached hydrogen (secondary N) is 3. The first-order valence-corrected chi connectivity index (χ1v) is 12.0. The number of thioether (sulfide) groups is 1. The summed E-state index contributed by atoms with van der Waals surface area (Å²) in [7, 11) is 1.60. The molecule has 1 aromatic heterocycles. The summed E-state index contributed by atoms with van der Waals surface area (Å²) in [5.74, 6) is 1.49. The third-order valence-corrected chi connectivity index (χ3v) is 5.95. The number of ether oxygens (including phenoxy) is 1. The molecule has 0 unspecified atom stereocenters. The lowest BCUT2D eigenvalue weighted by Gasteiger charge is -2.12. The van der Waals surface area contributed by atoms with E-state index in [0.29, 0.717) is 22.7 Å². The van der Waals surface area contributed by atoms with Crippen LogP contribution in [-0.2, 0) is 4.79 Å². The Kier molecular flexibility index (Phi) is 7.79. The lowest BCUT2D eigenvalue weighted by molar-refractivity contribution is -0.113. The first-order chi connectivity index (χ1) is 17.0. The second-order valence-corrected chi connectivity index (χ2v) is 8.65. The molecule has 0 bridgehead atoms. The fourth-order valence-electron chi connectivity index (χ4n) is 3.20. The molecule has 0 radical (unpaired) electrons. The maximum atomic E-state index is 12.5. The molecule has 0 spiro atoms. The van der Waals surface area contributed by atoms with Crippen LogP contribution in [0, 0.1) is 13.8 Å². The minimum Gasteiger partial charge on any atom is -0.497 e. The Morgan fingerprint density at radius 2 is 1.34 bits per heavy atom. The molecule has 0 atom stereocenters. The number of hydrogen-bond donors (Lipinski definition) is 3. The quantitative estimate of drug-likeness (QED) is 0.259. The van der Waals surface area contributed by atoms with Crippen LogP contribution in [0.4, 0.5) is 29.0 Å². The lowest BCUT2D eigenvalue weighted by Crippen LogP contribution is -2.14. The Labute approximate surface area is 208 Å². The van der Waals surface area contributed by atoms with Crippen LogP contribution in [0.15, 0.2) is 78.0 Å². The summed E-state index contributed by atoms with van der Waals surface area (Å²) in [6.45, 7) is 4.02. The molecule has 0 aliphatic rings. The minimum atomic E-state index is -0.164. The van der Waals surface area contributed by atoms with Crippen molar-refractivity contribution in [1.82, 2.24) is 15.0 Å². The van der Waals surface area contributed by atoms with Gasteiger partial charge in [-0.05, 0) is 61.4 Å². The second-order valence-electron chi connectivity index (χ2n) is 7.71. The Bertz CT molecular complexity index is 1250. The summed E-state index contributed by atoms with van der Waals surface area (Å²) in [4.78, 5) is 26.1. The van der Waals surface area contributed by atoms with E-state index in [0.717, 1.165) is 28.3 Å². The highest BCUT2D eigenvalue weighted by Crippen LogP contribution is 2.24. The average molecular weight is 487 g/mol. The van der Waals surface area contributed by atoms with Crippen molar-refractivity contribution in [2.45, 2.75) is 19.0 Å². The van der Waals surface area contributed by atoms with E-state index >= 15 is 0 Å².